The lowest BCUT2D eigenvalue weighted by Crippen LogP contribution is -2.47. The Morgan fingerprint density at radius 2 is 1.63 bits per heavy atom. The minimum atomic E-state index is -1.08. The van der Waals surface area contributed by atoms with Crippen LogP contribution in [0.5, 0.6) is 0 Å². The molecule has 0 aliphatic heterocycles. The minimum absolute atomic E-state index is 0.222. The van der Waals surface area contributed by atoms with Crippen molar-refractivity contribution >= 4 is 11.7 Å². The quantitative estimate of drug-likeness (QED) is 0.370. The first kappa shape index (κ1) is 25.5. The lowest BCUT2D eigenvalue weighted by atomic mass is 9.93. The second kappa shape index (κ2) is 11.1. The summed E-state index contributed by atoms with van der Waals surface area (Å²) in [5.41, 5.74) is 0.287. The van der Waals surface area contributed by atoms with Crippen molar-refractivity contribution in [3.05, 3.63) is 106 Å². The fourth-order valence-electron chi connectivity index (χ4n) is 4.95. The van der Waals surface area contributed by atoms with Gasteiger partial charge in [-0.3, -0.25) is 4.90 Å². The van der Waals surface area contributed by atoms with Gasteiger partial charge in [-0.2, -0.15) is 4.68 Å². The number of aliphatic hydroxyl groups excluding tert-OH is 1. The number of tetrazole rings is 1. The van der Waals surface area contributed by atoms with E-state index in [9.17, 15) is 23.5 Å². The van der Waals surface area contributed by atoms with Crippen molar-refractivity contribution in [1.29, 1.82) is 0 Å². The maximum absolute atomic E-state index is 14.3. The Kier molecular flexibility index (Phi) is 7.41. The maximum Gasteiger partial charge on any atom is 0.377 e. The van der Waals surface area contributed by atoms with E-state index in [4.69, 9.17) is 0 Å². The van der Waals surface area contributed by atoms with Crippen molar-refractivity contribution in [2.45, 2.75) is 50.7 Å². The van der Waals surface area contributed by atoms with E-state index in [0.29, 0.717) is 39.9 Å². The zero-order valence-electron chi connectivity index (χ0n) is 20.6. The van der Waals surface area contributed by atoms with Gasteiger partial charge in [-0.25, -0.2) is 18.4 Å². The molecule has 1 unspecified atom stereocenters. The van der Waals surface area contributed by atoms with Gasteiger partial charge in [0.15, 0.2) is 11.6 Å². The average Bonchev–Trinajstić information content (AvgIpc) is 3.31. The molecule has 1 atom stereocenters. The number of halogens is 2. The number of hydrogen-bond donors (Lipinski definition) is 1. The van der Waals surface area contributed by atoms with Gasteiger partial charge >= 0.3 is 11.7 Å². The second-order valence-corrected chi connectivity index (χ2v) is 9.40. The summed E-state index contributed by atoms with van der Waals surface area (Å²) in [5.74, 6) is -2.01. The van der Waals surface area contributed by atoms with Crippen LogP contribution < -0.4 is 10.6 Å². The Hall–Kier alpha value is -4.18. The standard InChI is InChI=1S/C28H27F2N5O3/c29-23-15-8-16-24(30)26(23)34-28(38)35(32-31-34)27(37)33(21-12-5-2-6-13-21)22-14-7-11-20(18-22)25(36)17-19-9-3-1-4-10-19/h1,3-4,7-11,14-16,18,21,25,36H,2,5-6,12-13,17H2. The number of aromatic nitrogens is 4. The number of para-hydroxylation sites is 1. The largest absolute Gasteiger partial charge is 0.388 e. The van der Waals surface area contributed by atoms with Crippen LogP contribution in [0.25, 0.3) is 5.69 Å². The maximum atomic E-state index is 14.3. The molecule has 1 amide bonds. The van der Waals surface area contributed by atoms with E-state index in [1.54, 1.807) is 24.3 Å². The van der Waals surface area contributed by atoms with Crippen molar-refractivity contribution in [2.75, 3.05) is 4.90 Å². The number of benzene rings is 3. The molecule has 1 aliphatic carbocycles. The summed E-state index contributed by atoms with van der Waals surface area (Å²) >= 11 is 0. The highest BCUT2D eigenvalue weighted by Crippen LogP contribution is 2.30. The second-order valence-electron chi connectivity index (χ2n) is 9.40. The van der Waals surface area contributed by atoms with Crippen molar-refractivity contribution in [3.8, 4) is 5.69 Å². The molecular formula is C28H27F2N5O3. The highest BCUT2D eigenvalue weighted by molar-refractivity contribution is 5.93. The third-order valence-electron chi connectivity index (χ3n) is 6.86. The molecule has 1 fully saturated rings. The highest BCUT2D eigenvalue weighted by atomic mass is 19.1. The number of rotatable bonds is 6. The molecule has 8 nitrogen and oxygen atoms in total. The van der Waals surface area contributed by atoms with Crippen LogP contribution in [0.15, 0.2) is 77.6 Å². The highest BCUT2D eigenvalue weighted by Gasteiger charge is 2.31. The SMILES string of the molecule is O=C(N(c1cccc(C(O)Cc2ccccc2)c1)C1CCCCC1)n1nnn(-c2c(F)cccc2F)c1=O. The van der Waals surface area contributed by atoms with Gasteiger partial charge in [0.2, 0.25) is 0 Å². The molecule has 1 aliphatic rings. The molecule has 1 N–H and O–H groups in total. The fraction of sp³-hybridized carbons (Fsp3) is 0.286. The molecule has 0 saturated heterocycles. The van der Waals surface area contributed by atoms with Crippen LogP contribution in [-0.2, 0) is 6.42 Å². The van der Waals surface area contributed by atoms with Gasteiger partial charge in [-0.05, 0) is 58.7 Å². The first-order valence-electron chi connectivity index (χ1n) is 12.6. The Balaban J connectivity index is 1.50. The molecule has 1 saturated carbocycles. The van der Waals surface area contributed by atoms with Crippen LogP contribution in [-0.4, -0.2) is 37.0 Å². The van der Waals surface area contributed by atoms with E-state index in [0.717, 1.165) is 37.0 Å². The third kappa shape index (κ3) is 5.12. The van der Waals surface area contributed by atoms with Crippen LogP contribution in [0.2, 0.25) is 0 Å². The molecule has 3 aromatic carbocycles. The number of aliphatic hydroxyl groups is 1. The van der Waals surface area contributed by atoms with E-state index in [-0.39, 0.29) is 6.04 Å². The van der Waals surface area contributed by atoms with E-state index < -0.39 is 35.1 Å². The topological polar surface area (TPSA) is 93.2 Å². The molecular weight excluding hydrogens is 492 g/mol. The average molecular weight is 520 g/mol. The number of nitrogens with zero attached hydrogens (tertiary/aromatic N) is 5. The van der Waals surface area contributed by atoms with Crippen LogP contribution in [0.4, 0.5) is 19.3 Å². The zero-order chi connectivity index (χ0) is 26.6. The molecule has 1 heterocycles. The molecule has 5 rings (SSSR count). The normalized spacial score (nSPS) is 14.8. The van der Waals surface area contributed by atoms with Gasteiger partial charge in [0, 0.05) is 18.2 Å². The van der Waals surface area contributed by atoms with Gasteiger partial charge < -0.3 is 5.11 Å². The molecule has 10 heteroatoms. The zero-order valence-corrected chi connectivity index (χ0v) is 20.6. The van der Waals surface area contributed by atoms with Crippen LogP contribution >= 0.6 is 0 Å². The lowest BCUT2D eigenvalue weighted by molar-refractivity contribution is 0.178. The van der Waals surface area contributed by atoms with Crippen molar-refractivity contribution < 1.29 is 18.7 Å². The number of carbonyl (C=O) groups excluding carboxylic acids is 1. The summed E-state index contributed by atoms with van der Waals surface area (Å²) < 4.78 is 29.6. The number of anilines is 1. The first-order valence-corrected chi connectivity index (χ1v) is 12.6. The van der Waals surface area contributed by atoms with Crippen molar-refractivity contribution in [2.24, 2.45) is 0 Å². The van der Waals surface area contributed by atoms with Crippen LogP contribution in [0, 0.1) is 11.6 Å². The summed E-state index contributed by atoms with van der Waals surface area (Å²) in [5, 5.41) is 18.2. The third-order valence-corrected chi connectivity index (χ3v) is 6.86. The van der Waals surface area contributed by atoms with Gasteiger partial charge in [-0.15, -0.1) is 4.68 Å². The number of amides is 1. The molecule has 0 spiro atoms. The van der Waals surface area contributed by atoms with E-state index in [1.165, 1.54) is 11.0 Å². The first-order chi connectivity index (χ1) is 18.4. The lowest BCUT2D eigenvalue weighted by Gasteiger charge is -2.34. The van der Waals surface area contributed by atoms with E-state index in [1.807, 2.05) is 30.3 Å². The van der Waals surface area contributed by atoms with E-state index in [2.05, 4.69) is 10.4 Å². The molecule has 1 aromatic heterocycles. The van der Waals surface area contributed by atoms with Gasteiger partial charge in [0.05, 0.1) is 6.10 Å². The Morgan fingerprint density at radius 3 is 2.34 bits per heavy atom. The smallest absolute Gasteiger partial charge is 0.377 e. The summed E-state index contributed by atoms with van der Waals surface area (Å²) in [6.45, 7) is 0. The van der Waals surface area contributed by atoms with Gasteiger partial charge in [0.1, 0.15) is 5.69 Å². The fourth-order valence-corrected chi connectivity index (χ4v) is 4.95. The van der Waals surface area contributed by atoms with E-state index >= 15 is 0 Å². The molecule has 196 valence electrons. The predicted octanol–water partition coefficient (Wildman–Crippen LogP) is 4.79. The van der Waals surface area contributed by atoms with Gasteiger partial charge in [0.25, 0.3) is 0 Å². The molecule has 38 heavy (non-hydrogen) atoms. The summed E-state index contributed by atoms with van der Waals surface area (Å²) in [4.78, 5) is 28.3. The predicted molar refractivity (Wildman–Crippen MR) is 137 cm³/mol. The van der Waals surface area contributed by atoms with Crippen molar-refractivity contribution in [1.82, 2.24) is 19.8 Å². The van der Waals surface area contributed by atoms with Gasteiger partial charge in [-0.1, -0.05) is 67.8 Å². The molecule has 0 bridgehead atoms. The summed E-state index contributed by atoms with van der Waals surface area (Å²) in [6.07, 6.45) is 3.87. The number of hydrogen-bond acceptors (Lipinski definition) is 5. The molecule has 4 aromatic rings. The summed E-state index contributed by atoms with van der Waals surface area (Å²) in [6, 6.07) is 18.7. The Labute approximate surface area is 217 Å². The Bertz CT molecular complexity index is 1460. The molecule has 0 radical (unpaired) electrons. The number of carbonyl (C=O) groups is 1. The summed E-state index contributed by atoms with van der Waals surface area (Å²) in [7, 11) is 0. The van der Waals surface area contributed by atoms with Crippen LogP contribution in [0.3, 0.4) is 0 Å². The van der Waals surface area contributed by atoms with Crippen LogP contribution in [0.1, 0.15) is 49.3 Å². The van der Waals surface area contributed by atoms with Crippen molar-refractivity contribution in [3.63, 3.8) is 0 Å². The minimum Gasteiger partial charge on any atom is -0.388 e. The monoisotopic (exact) mass is 519 g/mol. The Morgan fingerprint density at radius 1 is 0.947 bits per heavy atom.